The Balaban J connectivity index is 1.69. The average molecular weight is 593 g/mol. The van der Waals surface area contributed by atoms with Crippen LogP contribution in [0.4, 0.5) is 13.2 Å². The zero-order valence-corrected chi connectivity index (χ0v) is 25.9. The SMILES string of the molecule is CC(C)(C)CC[C@H](c1ccc(C(=O)O)cc1)N1C(=O)C(N2CCN(CC(F)(F)F)CC2)=NC12CCC(C(C)(C)C)CC2. The van der Waals surface area contributed by atoms with Gasteiger partial charge in [0.25, 0.3) is 5.91 Å². The van der Waals surface area contributed by atoms with Gasteiger partial charge < -0.3 is 14.9 Å². The smallest absolute Gasteiger partial charge is 0.401 e. The molecule has 2 fully saturated rings. The van der Waals surface area contributed by atoms with Crippen molar-refractivity contribution in [1.82, 2.24) is 14.7 Å². The van der Waals surface area contributed by atoms with E-state index in [1.807, 2.05) is 21.9 Å². The predicted octanol–water partition coefficient (Wildman–Crippen LogP) is 6.61. The molecule has 3 aliphatic rings. The highest BCUT2D eigenvalue weighted by molar-refractivity contribution is 6.39. The molecule has 7 nitrogen and oxygen atoms in total. The topological polar surface area (TPSA) is 76.5 Å². The normalized spacial score (nSPS) is 25.2. The lowest BCUT2D eigenvalue weighted by atomic mass is 9.69. The third-order valence-corrected chi connectivity index (χ3v) is 9.28. The van der Waals surface area contributed by atoms with Gasteiger partial charge in [0, 0.05) is 26.2 Å². The summed E-state index contributed by atoms with van der Waals surface area (Å²) in [6.07, 6.45) is 0.560. The zero-order valence-electron chi connectivity index (χ0n) is 25.9. The molecule has 0 unspecified atom stereocenters. The Hall–Kier alpha value is -2.62. The van der Waals surface area contributed by atoms with Crippen LogP contribution in [-0.4, -0.2) is 82.1 Å². The van der Waals surface area contributed by atoms with Crippen LogP contribution in [0.1, 0.15) is 102 Å². The molecule has 1 N–H and O–H groups in total. The van der Waals surface area contributed by atoms with E-state index in [4.69, 9.17) is 4.99 Å². The maximum Gasteiger partial charge on any atom is 0.401 e. The number of carbonyl (C=O) groups excluding carboxylic acids is 1. The lowest BCUT2D eigenvalue weighted by Crippen LogP contribution is -2.54. The lowest BCUT2D eigenvalue weighted by molar-refractivity contribution is -0.148. The number of alkyl halides is 3. The van der Waals surface area contributed by atoms with Gasteiger partial charge in [0.05, 0.1) is 18.2 Å². The van der Waals surface area contributed by atoms with Gasteiger partial charge in [-0.25, -0.2) is 9.79 Å². The molecule has 1 aliphatic carbocycles. The fourth-order valence-corrected chi connectivity index (χ4v) is 6.77. The van der Waals surface area contributed by atoms with Crippen LogP contribution in [0.2, 0.25) is 0 Å². The summed E-state index contributed by atoms with van der Waals surface area (Å²) < 4.78 is 39.0. The summed E-state index contributed by atoms with van der Waals surface area (Å²) in [5.41, 5.74) is 0.480. The lowest BCUT2D eigenvalue weighted by Gasteiger charge is -2.47. The number of halogens is 3. The molecular formula is C32H47F3N4O3. The Morgan fingerprint density at radius 3 is 2.05 bits per heavy atom. The Kier molecular flexibility index (Phi) is 9.08. The summed E-state index contributed by atoms with van der Waals surface area (Å²) in [4.78, 5) is 36.4. The van der Waals surface area contributed by atoms with Gasteiger partial charge in [-0.2, -0.15) is 13.2 Å². The second-order valence-electron chi connectivity index (χ2n) is 14.7. The van der Waals surface area contributed by atoms with Crippen LogP contribution in [0.25, 0.3) is 0 Å². The standard InChI is InChI=1S/C32H47F3N4O3/c1-29(2,3)14-13-25(22-7-9-23(10-8-22)28(41)42)39-27(40)26(38-19-17-37(18-20-38)21-32(33,34)35)36-31(39)15-11-24(12-16-31)30(4,5)6/h7-10,24-25H,11-21H2,1-6H3,(H,41,42)/t24?,25-,31?/m1/s1. The number of rotatable bonds is 6. The number of hydrogen-bond donors (Lipinski definition) is 1. The molecule has 1 amide bonds. The fraction of sp³-hybridized carbons (Fsp3) is 0.719. The molecule has 10 heteroatoms. The highest BCUT2D eigenvalue weighted by atomic mass is 19.4. The van der Waals surface area contributed by atoms with E-state index < -0.39 is 24.4 Å². The van der Waals surface area contributed by atoms with Crippen molar-refractivity contribution < 1.29 is 27.9 Å². The molecule has 2 aliphatic heterocycles. The van der Waals surface area contributed by atoms with Crippen LogP contribution in [0.15, 0.2) is 29.3 Å². The minimum atomic E-state index is -4.26. The van der Waals surface area contributed by atoms with Crippen LogP contribution in [-0.2, 0) is 4.79 Å². The van der Waals surface area contributed by atoms with E-state index in [0.29, 0.717) is 31.3 Å². The number of nitrogens with zero attached hydrogens (tertiary/aromatic N) is 4. The van der Waals surface area contributed by atoms with E-state index in [9.17, 15) is 27.9 Å². The van der Waals surface area contributed by atoms with Gasteiger partial charge in [0.15, 0.2) is 5.84 Å². The summed E-state index contributed by atoms with van der Waals surface area (Å²) in [5, 5.41) is 9.47. The van der Waals surface area contributed by atoms with Crippen LogP contribution >= 0.6 is 0 Å². The van der Waals surface area contributed by atoms with Crippen LogP contribution in [0.5, 0.6) is 0 Å². The van der Waals surface area contributed by atoms with Gasteiger partial charge >= 0.3 is 12.1 Å². The van der Waals surface area contributed by atoms with Gasteiger partial charge in [0.2, 0.25) is 0 Å². The first kappa shape index (κ1) is 32.3. The van der Waals surface area contributed by atoms with Crippen molar-refractivity contribution in [3.63, 3.8) is 0 Å². The maximum atomic E-state index is 14.4. The number of amides is 1. The van der Waals surface area contributed by atoms with Gasteiger partial charge in [-0.15, -0.1) is 0 Å². The quantitative estimate of drug-likeness (QED) is 0.403. The van der Waals surface area contributed by atoms with E-state index in [0.717, 1.165) is 37.7 Å². The Morgan fingerprint density at radius 1 is 1.00 bits per heavy atom. The molecule has 1 saturated carbocycles. The number of carbonyl (C=O) groups is 2. The molecule has 1 atom stereocenters. The molecule has 1 saturated heterocycles. The number of piperazine rings is 1. The Labute approximate surface area is 248 Å². The number of amidine groups is 1. The maximum absolute atomic E-state index is 14.4. The third kappa shape index (κ3) is 7.47. The molecule has 1 spiro atoms. The van der Waals surface area contributed by atoms with Crippen molar-refractivity contribution in [3.05, 3.63) is 35.4 Å². The number of carboxylic acid groups (broad SMARTS) is 1. The minimum Gasteiger partial charge on any atom is -0.478 e. The highest BCUT2D eigenvalue weighted by Gasteiger charge is 2.54. The first-order valence-electron chi connectivity index (χ1n) is 15.2. The monoisotopic (exact) mass is 592 g/mol. The second-order valence-corrected chi connectivity index (χ2v) is 14.7. The third-order valence-electron chi connectivity index (χ3n) is 9.28. The number of benzene rings is 1. The molecule has 42 heavy (non-hydrogen) atoms. The van der Waals surface area contributed by atoms with Crippen LogP contribution < -0.4 is 0 Å². The number of hydrogen-bond acceptors (Lipinski definition) is 5. The van der Waals surface area contributed by atoms with Crippen LogP contribution in [0, 0.1) is 16.7 Å². The largest absolute Gasteiger partial charge is 0.478 e. The fourth-order valence-electron chi connectivity index (χ4n) is 6.77. The molecule has 0 aromatic heterocycles. The molecule has 0 radical (unpaired) electrons. The van der Waals surface area contributed by atoms with Crippen molar-refractivity contribution in [2.75, 3.05) is 32.7 Å². The summed E-state index contributed by atoms with van der Waals surface area (Å²) in [7, 11) is 0. The van der Waals surface area contributed by atoms with Crippen molar-refractivity contribution in [1.29, 1.82) is 0 Å². The van der Waals surface area contributed by atoms with Gasteiger partial charge in [-0.3, -0.25) is 9.69 Å². The second kappa shape index (κ2) is 11.8. The summed E-state index contributed by atoms with van der Waals surface area (Å²) in [5.74, 6) is -0.320. The van der Waals surface area contributed by atoms with E-state index in [-0.39, 0.29) is 41.4 Å². The highest BCUT2D eigenvalue weighted by Crippen LogP contribution is 2.50. The predicted molar refractivity (Wildman–Crippen MR) is 157 cm³/mol. The Bertz CT molecular complexity index is 1150. The first-order chi connectivity index (χ1) is 19.4. The average Bonchev–Trinajstić information content (AvgIpc) is 3.14. The van der Waals surface area contributed by atoms with Crippen molar-refractivity contribution in [2.24, 2.45) is 21.7 Å². The van der Waals surface area contributed by atoms with Gasteiger partial charge in [-0.1, -0.05) is 53.7 Å². The molecule has 234 valence electrons. The zero-order chi connectivity index (χ0) is 31.1. The summed E-state index contributed by atoms with van der Waals surface area (Å²) in [6.45, 7) is 13.3. The minimum absolute atomic E-state index is 0.0115. The molecule has 4 rings (SSSR count). The van der Waals surface area contributed by atoms with Gasteiger partial charge in [-0.05, 0) is 73.0 Å². The van der Waals surface area contributed by atoms with E-state index in [2.05, 4.69) is 41.5 Å². The van der Waals surface area contributed by atoms with E-state index in [1.165, 1.54) is 4.90 Å². The van der Waals surface area contributed by atoms with Crippen molar-refractivity contribution in [3.8, 4) is 0 Å². The van der Waals surface area contributed by atoms with Gasteiger partial charge in [0.1, 0.15) is 5.66 Å². The number of carboxylic acids is 1. The van der Waals surface area contributed by atoms with Crippen molar-refractivity contribution in [2.45, 2.75) is 97.9 Å². The molecule has 2 heterocycles. The molecule has 0 bridgehead atoms. The van der Waals surface area contributed by atoms with E-state index in [1.54, 1.807) is 12.1 Å². The Morgan fingerprint density at radius 2 is 1.57 bits per heavy atom. The molecule has 1 aromatic rings. The number of aliphatic imine (C=N–C) groups is 1. The first-order valence-corrected chi connectivity index (χ1v) is 15.2. The van der Waals surface area contributed by atoms with E-state index >= 15 is 0 Å². The molecular weight excluding hydrogens is 545 g/mol. The van der Waals surface area contributed by atoms with Crippen LogP contribution in [0.3, 0.4) is 0 Å². The van der Waals surface area contributed by atoms with Crippen molar-refractivity contribution >= 4 is 17.7 Å². The summed E-state index contributed by atoms with van der Waals surface area (Å²) >= 11 is 0. The molecule has 1 aromatic carbocycles. The summed E-state index contributed by atoms with van der Waals surface area (Å²) in [6, 6.07) is 6.50. The number of aromatic carboxylic acids is 1.